The van der Waals surface area contributed by atoms with Crippen molar-refractivity contribution in [3.63, 3.8) is 0 Å². The number of pyridine rings is 1. The Morgan fingerprint density at radius 1 is 1.21 bits per heavy atom. The average Bonchev–Trinajstić information content (AvgIpc) is 2.37. The van der Waals surface area contributed by atoms with Crippen molar-refractivity contribution in [2.45, 2.75) is 19.9 Å². The van der Waals surface area contributed by atoms with Crippen LogP contribution in [0.5, 0.6) is 0 Å². The average molecular weight is 283 g/mol. The van der Waals surface area contributed by atoms with E-state index in [2.05, 4.69) is 10.3 Å². The quantitative estimate of drug-likeness (QED) is 0.839. The van der Waals surface area contributed by atoms with Gasteiger partial charge in [0, 0.05) is 12.2 Å². The molecule has 0 bridgehead atoms. The third-order valence-corrected chi connectivity index (χ3v) is 3.09. The standard InChI is InChI=1S/C14H13ClF2N2/c1-8-5-13(14(15)18-7-8)19-9(2)10-3-4-11(16)12(17)6-10/h3-7,9,19H,1-2H3. The van der Waals surface area contributed by atoms with Gasteiger partial charge in [-0.25, -0.2) is 13.8 Å². The second-order valence-corrected chi connectivity index (χ2v) is 4.75. The highest BCUT2D eigenvalue weighted by Gasteiger charge is 2.11. The molecule has 2 nitrogen and oxygen atoms in total. The molecule has 2 rings (SSSR count). The number of benzene rings is 1. The number of anilines is 1. The van der Waals surface area contributed by atoms with Gasteiger partial charge < -0.3 is 5.32 Å². The molecule has 1 heterocycles. The van der Waals surface area contributed by atoms with Crippen LogP contribution in [0.4, 0.5) is 14.5 Å². The van der Waals surface area contributed by atoms with E-state index in [0.29, 0.717) is 16.4 Å². The normalized spacial score (nSPS) is 12.3. The first-order valence-corrected chi connectivity index (χ1v) is 6.19. The number of nitrogens with zero attached hydrogens (tertiary/aromatic N) is 1. The zero-order valence-corrected chi connectivity index (χ0v) is 11.3. The number of aryl methyl sites for hydroxylation is 1. The molecule has 0 saturated carbocycles. The number of rotatable bonds is 3. The van der Waals surface area contributed by atoms with Gasteiger partial charge in [0.25, 0.3) is 0 Å². The fourth-order valence-corrected chi connectivity index (χ4v) is 1.91. The van der Waals surface area contributed by atoms with Crippen LogP contribution >= 0.6 is 11.6 Å². The molecule has 2 aromatic rings. The first-order chi connectivity index (χ1) is 8.97. The molecule has 19 heavy (non-hydrogen) atoms. The lowest BCUT2D eigenvalue weighted by Crippen LogP contribution is -2.08. The molecule has 0 amide bonds. The van der Waals surface area contributed by atoms with Gasteiger partial charge >= 0.3 is 0 Å². The summed E-state index contributed by atoms with van der Waals surface area (Å²) in [6.45, 7) is 3.74. The maximum absolute atomic E-state index is 13.2. The van der Waals surface area contributed by atoms with E-state index >= 15 is 0 Å². The van der Waals surface area contributed by atoms with E-state index in [-0.39, 0.29) is 6.04 Å². The molecule has 0 aliphatic heterocycles. The predicted molar refractivity (Wildman–Crippen MR) is 72.4 cm³/mol. The Balaban J connectivity index is 2.22. The number of halogens is 3. The summed E-state index contributed by atoms with van der Waals surface area (Å²) >= 11 is 5.98. The molecule has 1 aromatic heterocycles. The Hall–Kier alpha value is -1.68. The van der Waals surface area contributed by atoms with Crippen LogP contribution in [0.15, 0.2) is 30.5 Å². The molecular formula is C14H13ClF2N2. The van der Waals surface area contributed by atoms with E-state index in [1.165, 1.54) is 12.1 Å². The summed E-state index contributed by atoms with van der Waals surface area (Å²) in [5.74, 6) is -1.72. The van der Waals surface area contributed by atoms with Gasteiger partial charge in [0.2, 0.25) is 0 Å². The van der Waals surface area contributed by atoms with Gasteiger partial charge in [-0.3, -0.25) is 0 Å². The van der Waals surface area contributed by atoms with E-state index in [4.69, 9.17) is 11.6 Å². The summed E-state index contributed by atoms with van der Waals surface area (Å²) in [5.41, 5.74) is 2.26. The fraction of sp³-hybridized carbons (Fsp3) is 0.214. The summed E-state index contributed by atoms with van der Waals surface area (Å²) in [6, 6.07) is 5.46. The molecule has 0 saturated heterocycles. The second-order valence-electron chi connectivity index (χ2n) is 4.39. The van der Waals surface area contributed by atoms with Gasteiger partial charge in [0.15, 0.2) is 16.8 Å². The molecule has 1 aromatic carbocycles. The van der Waals surface area contributed by atoms with Crippen LogP contribution in [0.3, 0.4) is 0 Å². The molecule has 1 unspecified atom stereocenters. The van der Waals surface area contributed by atoms with Gasteiger partial charge in [-0.05, 0) is 43.2 Å². The van der Waals surface area contributed by atoms with Gasteiger partial charge in [-0.2, -0.15) is 0 Å². The van der Waals surface area contributed by atoms with Crippen LogP contribution in [-0.4, -0.2) is 4.98 Å². The fourth-order valence-electron chi connectivity index (χ4n) is 1.75. The van der Waals surface area contributed by atoms with E-state index in [9.17, 15) is 8.78 Å². The topological polar surface area (TPSA) is 24.9 Å². The first kappa shape index (κ1) is 13.7. The Labute approximate surface area is 115 Å². The van der Waals surface area contributed by atoms with Crippen molar-refractivity contribution in [1.82, 2.24) is 4.98 Å². The largest absolute Gasteiger partial charge is 0.376 e. The molecule has 1 N–H and O–H groups in total. The zero-order valence-electron chi connectivity index (χ0n) is 10.5. The summed E-state index contributed by atoms with van der Waals surface area (Å²) in [7, 11) is 0. The molecule has 0 spiro atoms. The Bertz CT molecular complexity index is 602. The Kier molecular flexibility index (Phi) is 4.00. The summed E-state index contributed by atoms with van der Waals surface area (Å²) in [4.78, 5) is 4.03. The maximum atomic E-state index is 13.2. The summed E-state index contributed by atoms with van der Waals surface area (Å²) in [5, 5.41) is 3.48. The number of hydrogen-bond acceptors (Lipinski definition) is 2. The first-order valence-electron chi connectivity index (χ1n) is 5.81. The second kappa shape index (κ2) is 5.53. The van der Waals surface area contributed by atoms with Crippen LogP contribution in [0.1, 0.15) is 24.1 Å². The molecule has 1 atom stereocenters. The Morgan fingerprint density at radius 2 is 1.95 bits per heavy atom. The zero-order chi connectivity index (χ0) is 14.0. The van der Waals surface area contributed by atoms with Crippen LogP contribution in [0.2, 0.25) is 5.15 Å². The van der Waals surface area contributed by atoms with Crippen molar-refractivity contribution in [3.05, 3.63) is 58.4 Å². The van der Waals surface area contributed by atoms with Crippen LogP contribution in [0.25, 0.3) is 0 Å². The summed E-state index contributed by atoms with van der Waals surface area (Å²) in [6.07, 6.45) is 1.66. The van der Waals surface area contributed by atoms with Crippen molar-refractivity contribution in [1.29, 1.82) is 0 Å². The smallest absolute Gasteiger partial charge is 0.159 e. The van der Waals surface area contributed by atoms with Crippen LogP contribution in [-0.2, 0) is 0 Å². The van der Waals surface area contributed by atoms with E-state index in [1.807, 2.05) is 19.9 Å². The van der Waals surface area contributed by atoms with Crippen LogP contribution in [0, 0.1) is 18.6 Å². The lowest BCUT2D eigenvalue weighted by Gasteiger charge is -2.17. The van der Waals surface area contributed by atoms with Crippen molar-refractivity contribution in [3.8, 4) is 0 Å². The van der Waals surface area contributed by atoms with E-state index < -0.39 is 11.6 Å². The van der Waals surface area contributed by atoms with Gasteiger partial charge in [-0.15, -0.1) is 0 Å². The van der Waals surface area contributed by atoms with Crippen molar-refractivity contribution >= 4 is 17.3 Å². The number of nitrogens with one attached hydrogen (secondary N) is 1. The number of hydrogen-bond donors (Lipinski definition) is 1. The minimum atomic E-state index is -0.861. The minimum absolute atomic E-state index is 0.212. The molecule has 5 heteroatoms. The predicted octanol–water partition coefficient (Wildman–Crippen LogP) is 4.49. The van der Waals surface area contributed by atoms with Crippen molar-refractivity contribution in [2.75, 3.05) is 5.32 Å². The Morgan fingerprint density at radius 3 is 2.63 bits per heavy atom. The number of aromatic nitrogens is 1. The molecule has 0 aliphatic carbocycles. The highest BCUT2D eigenvalue weighted by Crippen LogP contribution is 2.25. The SMILES string of the molecule is Cc1cnc(Cl)c(NC(C)c2ccc(F)c(F)c2)c1. The third kappa shape index (κ3) is 3.20. The van der Waals surface area contributed by atoms with Gasteiger partial charge in [0.05, 0.1) is 5.69 Å². The lowest BCUT2D eigenvalue weighted by molar-refractivity contribution is 0.506. The van der Waals surface area contributed by atoms with E-state index in [1.54, 1.807) is 6.20 Å². The van der Waals surface area contributed by atoms with Crippen molar-refractivity contribution < 1.29 is 8.78 Å². The molecule has 0 radical (unpaired) electrons. The molecule has 100 valence electrons. The third-order valence-electron chi connectivity index (χ3n) is 2.79. The van der Waals surface area contributed by atoms with Gasteiger partial charge in [-0.1, -0.05) is 17.7 Å². The molecule has 0 aliphatic rings. The summed E-state index contributed by atoms with van der Waals surface area (Å²) < 4.78 is 26.1. The monoisotopic (exact) mass is 282 g/mol. The minimum Gasteiger partial charge on any atom is -0.376 e. The van der Waals surface area contributed by atoms with Gasteiger partial charge in [0.1, 0.15) is 0 Å². The van der Waals surface area contributed by atoms with Crippen LogP contribution < -0.4 is 5.32 Å². The highest BCUT2D eigenvalue weighted by atomic mass is 35.5. The molecule has 0 fully saturated rings. The molecular weight excluding hydrogens is 270 g/mol. The maximum Gasteiger partial charge on any atom is 0.159 e. The lowest BCUT2D eigenvalue weighted by atomic mass is 10.1. The van der Waals surface area contributed by atoms with Crippen molar-refractivity contribution in [2.24, 2.45) is 0 Å². The highest BCUT2D eigenvalue weighted by molar-refractivity contribution is 6.31. The van der Waals surface area contributed by atoms with E-state index in [0.717, 1.165) is 11.6 Å².